The van der Waals surface area contributed by atoms with Crippen LogP contribution < -0.4 is 9.47 Å². The minimum Gasteiger partial charge on any atom is -0.484 e. The number of hydrogen-bond donors (Lipinski definition) is 0. The predicted octanol–water partition coefficient (Wildman–Crippen LogP) is 1.69. The molecule has 1 aromatic carbocycles. The Labute approximate surface area is 151 Å². The first-order valence-corrected chi connectivity index (χ1v) is 8.75. The van der Waals surface area contributed by atoms with Crippen LogP contribution >= 0.6 is 0 Å². The molecule has 7 heteroatoms. The highest BCUT2D eigenvalue weighted by molar-refractivity contribution is 5.79. The van der Waals surface area contributed by atoms with Crippen LogP contribution in [0.3, 0.4) is 0 Å². The number of carbonyl (C=O) groups excluding carboxylic acids is 1. The third-order valence-corrected chi connectivity index (χ3v) is 4.69. The molecule has 26 heavy (non-hydrogen) atoms. The van der Waals surface area contributed by atoms with Gasteiger partial charge in [0.05, 0.1) is 25.9 Å². The van der Waals surface area contributed by atoms with Crippen molar-refractivity contribution in [2.45, 2.75) is 24.5 Å². The first-order chi connectivity index (χ1) is 12.7. The summed E-state index contributed by atoms with van der Waals surface area (Å²) < 4.78 is 17.4. The Morgan fingerprint density at radius 2 is 2.12 bits per heavy atom. The number of aromatic nitrogens is 2. The predicted molar refractivity (Wildman–Crippen MR) is 92.9 cm³/mol. The van der Waals surface area contributed by atoms with E-state index in [9.17, 15) is 4.79 Å². The summed E-state index contributed by atoms with van der Waals surface area (Å²) in [4.78, 5) is 22.2. The Kier molecular flexibility index (Phi) is 4.71. The molecule has 0 N–H and O–H groups in total. The monoisotopic (exact) mass is 355 g/mol. The second-order valence-corrected chi connectivity index (χ2v) is 6.66. The van der Waals surface area contributed by atoms with Crippen LogP contribution in [0, 0.1) is 0 Å². The molecule has 7 nitrogen and oxygen atoms in total. The molecule has 0 bridgehead atoms. The van der Waals surface area contributed by atoms with E-state index >= 15 is 0 Å². The molecule has 136 valence electrons. The van der Waals surface area contributed by atoms with Gasteiger partial charge in [-0.1, -0.05) is 18.2 Å². The zero-order chi connectivity index (χ0) is 17.8. The summed E-state index contributed by atoms with van der Waals surface area (Å²) in [5, 5.41) is 0. The molecule has 1 amide bonds. The molecule has 3 heterocycles. The highest BCUT2D eigenvalue weighted by Gasteiger charge is 2.50. The van der Waals surface area contributed by atoms with Crippen molar-refractivity contribution in [1.29, 1.82) is 0 Å². The van der Waals surface area contributed by atoms with E-state index in [0.29, 0.717) is 31.3 Å². The molecule has 4 rings (SSSR count). The average Bonchev–Trinajstić information content (AvgIpc) is 2.66. The van der Waals surface area contributed by atoms with E-state index in [1.165, 1.54) is 0 Å². The van der Waals surface area contributed by atoms with E-state index < -0.39 is 0 Å². The van der Waals surface area contributed by atoms with Crippen LogP contribution in [0.2, 0.25) is 0 Å². The Morgan fingerprint density at radius 1 is 1.27 bits per heavy atom. The summed E-state index contributed by atoms with van der Waals surface area (Å²) in [6, 6.07) is 9.35. The van der Waals surface area contributed by atoms with Crippen LogP contribution in [0.25, 0.3) is 0 Å². The topological polar surface area (TPSA) is 73.8 Å². The van der Waals surface area contributed by atoms with Crippen molar-refractivity contribution in [2.75, 3.05) is 26.3 Å². The van der Waals surface area contributed by atoms with Gasteiger partial charge in [0.15, 0.2) is 6.61 Å². The summed E-state index contributed by atoms with van der Waals surface area (Å²) in [6.07, 6.45) is 6.42. The molecule has 0 radical (unpaired) electrons. The number of amides is 1. The van der Waals surface area contributed by atoms with Crippen molar-refractivity contribution in [2.24, 2.45) is 0 Å². The second-order valence-electron chi connectivity index (χ2n) is 6.66. The number of hydrogen-bond acceptors (Lipinski definition) is 6. The zero-order valence-corrected chi connectivity index (χ0v) is 14.4. The highest BCUT2D eigenvalue weighted by atomic mass is 16.5. The normalized spacial score (nSPS) is 21.1. The number of nitrogens with zero attached hydrogens (tertiary/aromatic N) is 3. The summed E-state index contributed by atoms with van der Waals surface area (Å²) in [7, 11) is 0. The van der Waals surface area contributed by atoms with Crippen molar-refractivity contribution in [1.82, 2.24) is 14.9 Å². The van der Waals surface area contributed by atoms with E-state index in [1.54, 1.807) is 23.5 Å². The molecule has 2 fully saturated rings. The van der Waals surface area contributed by atoms with E-state index in [4.69, 9.17) is 14.2 Å². The lowest BCUT2D eigenvalue weighted by molar-refractivity contribution is -0.194. The van der Waals surface area contributed by atoms with E-state index in [0.717, 1.165) is 12.8 Å². The van der Waals surface area contributed by atoms with Crippen molar-refractivity contribution in [3.05, 3.63) is 48.9 Å². The SMILES string of the molecule is O=C(COc1ccccc1)N1CC2(CC(Oc3cnccn3)CCO2)C1. The van der Waals surface area contributed by atoms with Crippen LogP contribution in [-0.2, 0) is 9.53 Å². The van der Waals surface area contributed by atoms with Crippen LogP contribution in [0.15, 0.2) is 48.9 Å². The number of carbonyl (C=O) groups is 1. The lowest BCUT2D eigenvalue weighted by Gasteiger charge is -2.52. The van der Waals surface area contributed by atoms with Gasteiger partial charge in [-0.25, -0.2) is 4.98 Å². The fraction of sp³-hybridized carbons (Fsp3) is 0.421. The van der Waals surface area contributed by atoms with E-state index in [-0.39, 0.29) is 24.2 Å². The minimum absolute atomic E-state index is 0.0262. The van der Waals surface area contributed by atoms with Crippen molar-refractivity contribution < 1.29 is 19.0 Å². The molecular formula is C19H21N3O4. The smallest absolute Gasteiger partial charge is 0.260 e. The molecule has 0 aliphatic carbocycles. The standard InChI is InChI=1S/C19H21N3O4/c23-18(12-24-15-4-2-1-3-5-15)22-13-19(14-22)10-16(6-9-25-19)26-17-11-20-7-8-21-17/h1-5,7-8,11,16H,6,9-10,12-14H2. The summed E-state index contributed by atoms with van der Waals surface area (Å²) >= 11 is 0. The van der Waals surface area contributed by atoms with Gasteiger partial charge < -0.3 is 19.1 Å². The van der Waals surface area contributed by atoms with Crippen LogP contribution in [0.5, 0.6) is 11.6 Å². The molecule has 1 aromatic heterocycles. The molecule has 2 aliphatic heterocycles. The van der Waals surface area contributed by atoms with Crippen molar-refractivity contribution in [3.63, 3.8) is 0 Å². The number of ether oxygens (including phenoxy) is 3. The van der Waals surface area contributed by atoms with Gasteiger partial charge >= 0.3 is 0 Å². The Balaban J connectivity index is 1.26. The molecule has 1 spiro atoms. The Morgan fingerprint density at radius 3 is 2.88 bits per heavy atom. The van der Waals surface area contributed by atoms with Gasteiger partial charge in [-0.3, -0.25) is 9.78 Å². The number of rotatable bonds is 5. The molecule has 2 aliphatic rings. The van der Waals surface area contributed by atoms with Crippen molar-refractivity contribution >= 4 is 5.91 Å². The van der Waals surface area contributed by atoms with Gasteiger partial charge in [-0.05, 0) is 12.1 Å². The van der Waals surface area contributed by atoms with Gasteiger partial charge in [-0.15, -0.1) is 0 Å². The van der Waals surface area contributed by atoms with Gasteiger partial charge in [0.1, 0.15) is 17.5 Å². The van der Waals surface area contributed by atoms with Crippen LogP contribution in [0.1, 0.15) is 12.8 Å². The molecule has 1 unspecified atom stereocenters. The van der Waals surface area contributed by atoms with Crippen LogP contribution in [0.4, 0.5) is 0 Å². The van der Waals surface area contributed by atoms with Gasteiger partial charge in [0.2, 0.25) is 5.88 Å². The maximum atomic E-state index is 12.3. The third-order valence-electron chi connectivity index (χ3n) is 4.69. The Hall–Kier alpha value is -2.67. The van der Waals surface area contributed by atoms with Crippen LogP contribution in [-0.4, -0.2) is 58.8 Å². The zero-order valence-electron chi connectivity index (χ0n) is 14.4. The highest BCUT2D eigenvalue weighted by Crippen LogP contribution is 2.35. The molecule has 2 saturated heterocycles. The lowest BCUT2D eigenvalue weighted by Crippen LogP contribution is -2.68. The number of benzene rings is 1. The summed E-state index contributed by atoms with van der Waals surface area (Å²) in [5.41, 5.74) is -0.312. The fourth-order valence-corrected chi connectivity index (χ4v) is 3.40. The summed E-state index contributed by atoms with van der Waals surface area (Å²) in [5.74, 6) is 1.19. The van der Waals surface area contributed by atoms with Gasteiger partial charge in [0, 0.05) is 25.2 Å². The second kappa shape index (κ2) is 7.29. The quantitative estimate of drug-likeness (QED) is 0.813. The maximum absolute atomic E-state index is 12.3. The molecular weight excluding hydrogens is 334 g/mol. The lowest BCUT2D eigenvalue weighted by atomic mass is 9.84. The van der Waals surface area contributed by atoms with Crippen molar-refractivity contribution in [3.8, 4) is 11.6 Å². The van der Waals surface area contributed by atoms with E-state index in [1.807, 2.05) is 30.3 Å². The first-order valence-electron chi connectivity index (χ1n) is 8.75. The molecule has 0 saturated carbocycles. The Bertz CT molecular complexity index is 735. The van der Waals surface area contributed by atoms with Gasteiger partial charge in [-0.2, -0.15) is 0 Å². The minimum atomic E-state index is -0.312. The fourth-order valence-electron chi connectivity index (χ4n) is 3.40. The largest absolute Gasteiger partial charge is 0.484 e. The molecule has 1 atom stereocenters. The average molecular weight is 355 g/mol. The molecule has 2 aromatic rings. The number of para-hydroxylation sites is 1. The maximum Gasteiger partial charge on any atom is 0.260 e. The van der Waals surface area contributed by atoms with Gasteiger partial charge in [0.25, 0.3) is 5.91 Å². The third kappa shape index (κ3) is 3.77. The number of likely N-dealkylation sites (tertiary alicyclic amines) is 1. The summed E-state index contributed by atoms with van der Waals surface area (Å²) in [6.45, 7) is 1.81. The first kappa shape index (κ1) is 16.8. The van der Waals surface area contributed by atoms with E-state index in [2.05, 4.69) is 9.97 Å².